The molecule has 2 heterocycles. The number of rotatable bonds is 4. The van der Waals surface area contributed by atoms with E-state index in [4.69, 9.17) is 0 Å². The van der Waals surface area contributed by atoms with Gasteiger partial charge >= 0.3 is 0 Å². The van der Waals surface area contributed by atoms with E-state index in [9.17, 15) is 4.39 Å². The standard InChI is InChI=1S/C16H18FN5/c1-11(12-4-6-14(17)7-5-12)21-8-9-22(20-21)16-10-15(18-19-16)13-2-3-13/h4-11,13,20H,2-3H2,1H3,(H,18,19). The second-order valence-electron chi connectivity index (χ2n) is 5.86. The average Bonchev–Trinajstić information content (AvgIpc) is 3.07. The van der Waals surface area contributed by atoms with Gasteiger partial charge in [-0.05, 0) is 37.5 Å². The Hall–Kier alpha value is -2.34. The summed E-state index contributed by atoms with van der Waals surface area (Å²) in [5.41, 5.74) is 5.52. The van der Waals surface area contributed by atoms with Gasteiger partial charge in [0, 0.05) is 30.1 Å². The highest BCUT2D eigenvalue weighted by Gasteiger charge is 2.27. The summed E-state index contributed by atoms with van der Waals surface area (Å²) in [5, 5.41) is 11.3. The molecule has 6 heteroatoms. The van der Waals surface area contributed by atoms with Crippen LogP contribution in [0.2, 0.25) is 0 Å². The molecule has 0 radical (unpaired) electrons. The molecule has 1 atom stereocenters. The molecule has 4 rings (SSSR count). The van der Waals surface area contributed by atoms with Crippen molar-refractivity contribution in [2.45, 2.75) is 31.7 Å². The fraction of sp³-hybridized carbons (Fsp3) is 0.312. The van der Waals surface area contributed by atoms with Gasteiger partial charge in [-0.15, -0.1) is 5.53 Å². The number of aromatic amines is 1. The molecule has 2 N–H and O–H groups in total. The molecule has 2 aliphatic rings. The zero-order valence-corrected chi connectivity index (χ0v) is 12.3. The Kier molecular flexibility index (Phi) is 3.11. The molecule has 0 spiro atoms. The predicted octanol–water partition coefficient (Wildman–Crippen LogP) is 3.20. The van der Waals surface area contributed by atoms with E-state index in [-0.39, 0.29) is 11.9 Å². The predicted molar refractivity (Wildman–Crippen MR) is 82.0 cm³/mol. The van der Waals surface area contributed by atoms with Crippen LogP contribution in [0.3, 0.4) is 0 Å². The van der Waals surface area contributed by atoms with Gasteiger partial charge in [0.2, 0.25) is 0 Å². The van der Waals surface area contributed by atoms with Crippen LogP contribution in [0.25, 0.3) is 0 Å². The highest BCUT2D eigenvalue weighted by molar-refractivity contribution is 5.43. The molecule has 1 aliphatic carbocycles. The zero-order valence-electron chi connectivity index (χ0n) is 12.3. The summed E-state index contributed by atoms with van der Waals surface area (Å²) >= 11 is 0. The smallest absolute Gasteiger partial charge is 0.170 e. The molecule has 1 unspecified atom stereocenters. The zero-order chi connectivity index (χ0) is 15.1. The van der Waals surface area contributed by atoms with Crippen LogP contribution in [0, 0.1) is 5.82 Å². The first-order chi connectivity index (χ1) is 10.7. The number of aromatic nitrogens is 2. The molecule has 5 nitrogen and oxygen atoms in total. The molecule has 114 valence electrons. The fourth-order valence-corrected chi connectivity index (χ4v) is 2.63. The van der Waals surface area contributed by atoms with Crippen LogP contribution in [-0.2, 0) is 0 Å². The van der Waals surface area contributed by atoms with Gasteiger partial charge in [0.05, 0.1) is 6.04 Å². The summed E-state index contributed by atoms with van der Waals surface area (Å²) in [6.45, 7) is 2.06. The highest BCUT2D eigenvalue weighted by atomic mass is 19.1. The van der Waals surface area contributed by atoms with Crippen molar-refractivity contribution < 1.29 is 4.39 Å². The lowest BCUT2D eigenvalue weighted by atomic mass is 10.1. The first-order valence-corrected chi connectivity index (χ1v) is 7.53. The Bertz CT molecular complexity index is 689. The Morgan fingerprint density at radius 2 is 2.00 bits per heavy atom. The van der Waals surface area contributed by atoms with Crippen LogP contribution in [0.4, 0.5) is 10.2 Å². The van der Waals surface area contributed by atoms with Gasteiger partial charge in [0.1, 0.15) is 5.82 Å². The quantitative estimate of drug-likeness (QED) is 0.910. The van der Waals surface area contributed by atoms with Gasteiger partial charge in [-0.2, -0.15) is 5.10 Å². The number of hydrogen-bond acceptors (Lipinski definition) is 4. The first-order valence-electron chi connectivity index (χ1n) is 7.53. The Labute approximate surface area is 128 Å². The maximum absolute atomic E-state index is 13.0. The summed E-state index contributed by atoms with van der Waals surface area (Å²) in [4.78, 5) is 0. The third kappa shape index (κ3) is 2.46. The van der Waals surface area contributed by atoms with E-state index in [0.29, 0.717) is 5.92 Å². The van der Waals surface area contributed by atoms with Gasteiger partial charge < -0.3 is 0 Å². The highest BCUT2D eigenvalue weighted by Crippen LogP contribution is 2.40. The molecular formula is C16H18FN5. The molecule has 1 saturated carbocycles. The third-order valence-electron chi connectivity index (χ3n) is 4.22. The summed E-state index contributed by atoms with van der Waals surface area (Å²) in [6, 6.07) is 8.75. The van der Waals surface area contributed by atoms with Crippen LogP contribution >= 0.6 is 0 Å². The van der Waals surface area contributed by atoms with Crippen molar-refractivity contribution >= 4 is 5.82 Å². The molecule has 1 aromatic carbocycles. The van der Waals surface area contributed by atoms with E-state index in [1.54, 1.807) is 12.1 Å². The Morgan fingerprint density at radius 1 is 1.23 bits per heavy atom. The van der Waals surface area contributed by atoms with Crippen molar-refractivity contribution in [1.82, 2.24) is 20.7 Å². The van der Waals surface area contributed by atoms with E-state index in [2.05, 4.69) is 28.7 Å². The van der Waals surface area contributed by atoms with E-state index in [1.807, 2.05) is 22.4 Å². The molecule has 0 amide bonds. The summed E-state index contributed by atoms with van der Waals surface area (Å²) in [6.07, 6.45) is 6.39. The van der Waals surface area contributed by atoms with Crippen molar-refractivity contribution in [2.75, 3.05) is 5.01 Å². The lowest BCUT2D eigenvalue weighted by Crippen LogP contribution is -2.40. The van der Waals surface area contributed by atoms with Crippen LogP contribution < -0.4 is 10.5 Å². The van der Waals surface area contributed by atoms with Gasteiger partial charge in [0.25, 0.3) is 0 Å². The van der Waals surface area contributed by atoms with E-state index in [0.717, 1.165) is 11.4 Å². The van der Waals surface area contributed by atoms with Crippen molar-refractivity contribution in [2.24, 2.45) is 0 Å². The van der Waals surface area contributed by atoms with Gasteiger partial charge in [-0.25, -0.2) is 9.40 Å². The number of benzene rings is 1. The first kappa shape index (κ1) is 13.3. The average molecular weight is 299 g/mol. The topological polar surface area (TPSA) is 47.2 Å². The Morgan fingerprint density at radius 3 is 2.73 bits per heavy atom. The molecule has 0 saturated heterocycles. The van der Waals surface area contributed by atoms with Crippen molar-refractivity contribution in [1.29, 1.82) is 0 Å². The maximum Gasteiger partial charge on any atom is 0.170 e. The molecule has 2 aromatic rings. The number of halogens is 1. The second kappa shape index (κ2) is 5.14. The van der Waals surface area contributed by atoms with E-state index < -0.39 is 0 Å². The summed E-state index contributed by atoms with van der Waals surface area (Å²) in [7, 11) is 0. The second-order valence-corrected chi connectivity index (χ2v) is 5.86. The normalized spacial score (nSPS) is 19.0. The molecule has 1 aliphatic heterocycles. The van der Waals surface area contributed by atoms with Gasteiger partial charge in [0.15, 0.2) is 5.82 Å². The third-order valence-corrected chi connectivity index (χ3v) is 4.22. The molecular weight excluding hydrogens is 281 g/mol. The minimum absolute atomic E-state index is 0.0868. The lowest BCUT2D eigenvalue weighted by Gasteiger charge is -2.27. The molecule has 0 bridgehead atoms. The molecule has 1 fully saturated rings. The molecule has 1 aromatic heterocycles. The minimum atomic E-state index is -0.216. The molecule has 22 heavy (non-hydrogen) atoms. The van der Waals surface area contributed by atoms with Crippen molar-refractivity contribution in [3.63, 3.8) is 0 Å². The Balaban J connectivity index is 1.45. The maximum atomic E-state index is 13.0. The van der Waals surface area contributed by atoms with Crippen LogP contribution in [-0.4, -0.2) is 15.2 Å². The van der Waals surface area contributed by atoms with Gasteiger partial charge in [-0.1, -0.05) is 12.1 Å². The van der Waals surface area contributed by atoms with E-state index in [1.165, 1.54) is 30.7 Å². The fourth-order valence-electron chi connectivity index (χ4n) is 2.63. The van der Waals surface area contributed by atoms with Crippen molar-refractivity contribution in [3.8, 4) is 0 Å². The van der Waals surface area contributed by atoms with Crippen molar-refractivity contribution in [3.05, 3.63) is 59.8 Å². The van der Waals surface area contributed by atoms with Crippen LogP contribution in [0.5, 0.6) is 0 Å². The number of hydrazine groups is 2. The number of H-pyrrole nitrogens is 1. The lowest BCUT2D eigenvalue weighted by molar-refractivity contribution is 0.229. The summed E-state index contributed by atoms with van der Waals surface area (Å²) in [5.74, 6) is 1.29. The van der Waals surface area contributed by atoms with Crippen LogP contribution in [0.1, 0.15) is 43.0 Å². The largest absolute Gasteiger partial charge is 0.289 e. The number of nitrogens with one attached hydrogen (secondary N) is 2. The van der Waals surface area contributed by atoms with Gasteiger partial charge in [-0.3, -0.25) is 10.1 Å². The number of hydrogen-bond donors (Lipinski definition) is 2. The van der Waals surface area contributed by atoms with Crippen LogP contribution in [0.15, 0.2) is 42.7 Å². The number of nitrogens with zero attached hydrogens (tertiary/aromatic N) is 3. The number of anilines is 1. The minimum Gasteiger partial charge on any atom is -0.289 e. The monoisotopic (exact) mass is 299 g/mol. The summed E-state index contributed by atoms with van der Waals surface area (Å²) < 4.78 is 13.0. The SMILES string of the molecule is CC(c1ccc(F)cc1)N1C=CN(c2cc(C3CC3)[nH]n2)N1. The van der Waals surface area contributed by atoms with E-state index >= 15 is 0 Å².